The highest BCUT2D eigenvalue weighted by molar-refractivity contribution is 5.39. The van der Waals surface area contributed by atoms with Gasteiger partial charge in [-0.25, -0.2) is 9.97 Å². The van der Waals surface area contributed by atoms with Crippen molar-refractivity contribution in [2.24, 2.45) is 5.92 Å². The first-order chi connectivity index (χ1) is 9.81. The van der Waals surface area contributed by atoms with E-state index in [1.165, 1.54) is 18.5 Å². The van der Waals surface area contributed by atoms with Crippen LogP contribution in [-0.4, -0.2) is 28.0 Å². The molecule has 0 spiro atoms. The molecule has 20 heavy (non-hydrogen) atoms. The Morgan fingerprint density at radius 1 is 1.25 bits per heavy atom. The molecule has 4 nitrogen and oxygen atoms in total. The third-order valence-electron chi connectivity index (χ3n) is 3.86. The van der Waals surface area contributed by atoms with Crippen LogP contribution in [0.1, 0.15) is 24.2 Å². The number of anilines is 1. The molecule has 0 saturated carbocycles. The molecule has 0 unspecified atom stereocenters. The molecule has 1 atom stereocenters. The van der Waals surface area contributed by atoms with Gasteiger partial charge in [-0.05, 0) is 44.2 Å². The van der Waals surface area contributed by atoms with Crippen molar-refractivity contribution in [2.75, 3.05) is 18.0 Å². The molecular weight excluding hydrogens is 248 g/mol. The number of piperidine rings is 1. The number of pyridine rings is 1. The lowest BCUT2D eigenvalue weighted by Crippen LogP contribution is -2.36. The van der Waals surface area contributed by atoms with E-state index in [9.17, 15) is 0 Å². The minimum absolute atomic E-state index is 0.661. The minimum atomic E-state index is 0.661. The van der Waals surface area contributed by atoms with Gasteiger partial charge in [0.1, 0.15) is 12.1 Å². The molecule has 0 bridgehead atoms. The van der Waals surface area contributed by atoms with Gasteiger partial charge in [-0.15, -0.1) is 0 Å². The average molecular weight is 268 g/mol. The van der Waals surface area contributed by atoms with Crippen molar-refractivity contribution >= 4 is 5.82 Å². The summed E-state index contributed by atoms with van der Waals surface area (Å²) in [6.45, 7) is 4.17. The molecular formula is C16H20N4. The monoisotopic (exact) mass is 268 g/mol. The topological polar surface area (TPSA) is 41.9 Å². The Morgan fingerprint density at radius 2 is 2.20 bits per heavy atom. The highest BCUT2D eigenvalue weighted by Crippen LogP contribution is 2.23. The number of rotatable bonds is 3. The maximum Gasteiger partial charge on any atom is 0.132 e. The number of hydrogen-bond acceptors (Lipinski definition) is 4. The summed E-state index contributed by atoms with van der Waals surface area (Å²) in [5, 5.41) is 0. The predicted octanol–water partition coefficient (Wildman–Crippen LogP) is 2.64. The van der Waals surface area contributed by atoms with E-state index in [2.05, 4.69) is 38.1 Å². The normalized spacial score (nSPS) is 19.1. The Hall–Kier alpha value is -1.97. The van der Waals surface area contributed by atoms with Gasteiger partial charge in [-0.2, -0.15) is 0 Å². The number of aryl methyl sites for hydroxylation is 1. The van der Waals surface area contributed by atoms with Crippen LogP contribution in [-0.2, 0) is 6.42 Å². The van der Waals surface area contributed by atoms with Crippen LogP contribution in [0.2, 0.25) is 0 Å². The van der Waals surface area contributed by atoms with Gasteiger partial charge in [-0.3, -0.25) is 4.98 Å². The van der Waals surface area contributed by atoms with E-state index in [0.717, 1.165) is 31.0 Å². The van der Waals surface area contributed by atoms with Gasteiger partial charge >= 0.3 is 0 Å². The quantitative estimate of drug-likeness (QED) is 0.858. The van der Waals surface area contributed by atoms with Crippen LogP contribution < -0.4 is 4.90 Å². The van der Waals surface area contributed by atoms with Crippen molar-refractivity contribution < 1.29 is 0 Å². The van der Waals surface area contributed by atoms with Crippen molar-refractivity contribution in [3.8, 4) is 0 Å². The van der Waals surface area contributed by atoms with Crippen LogP contribution in [0.3, 0.4) is 0 Å². The van der Waals surface area contributed by atoms with Crippen LogP contribution in [0, 0.1) is 12.8 Å². The zero-order valence-electron chi connectivity index (χ0n) is 11.9. The van der Waals surface area contributed by atoms with Crippen molar-refractivity contribution in [2.45, 2.75) is 26.2 Å². The molecule has 104 valence electrons. The van der Waals surface area contributed by atoms with E-state index in [1.54, 1.807) is 6.33 Å². The molecule has 1 saturated heterocycles. The van der Waals surface area contributed by atoms with Gasteiger partial charge in [0.15, 0.2) is 0 Å². The molecule has 0 N–H and O–H groups in total. The highest BCUT2D eigenvalue weighted by Gasteiger charge is 2.21. The number of nitrogens with zero attached hydrogens (tertiary/aromatic N) is 4. The van der Waals surface area contributed by atoms with E-state index in [4.69, 9.17) is 0 Å². The number of hydrogen-bond donors (Lipinski definition) is 0. The Morgan fingerprint density at radius 3 is 3.00 bits per heavy atom. The summed E-state index contributed by atoms with van der Waals surface area (Å²) in [4.78, 5) is 15.4. The molecule has 1 aliphatic heterocycles. The fourth-order valence-electron chi connectivity index (χ4n) is 2.87. The first kappa shape index (κ1) is 13.0. The maximum atomic E-state index is 4.44. The van der Waals surface area contributed by atoms with Crippen LogP contribution >= 0.6 is 0 Å². The second kappa shape index (κ2) is 5.99. The molecule has 2 aromatic rings. The van der Waals surface area contributed by atoms with Crippen molar-refractivity contribution in [1.29, 1.82) is 0 Å². The molecule has 4 heteroatoms. The molecule has 1 aliphatic rings. The molecule has 0 aliphatic carbocycles. The summed E-state index contributed by atoms with van der Waals surface area (Å²) in [6, 6.07) is 8.23. The highest BCUT2D eigenvalue weighted by atomic mass is 15.2. The second-order valence-electron chi connectivity index (χ2n) is 5.50. The van der Waals surface area contributed by atoms with Crippen molar-refractivity contribution in [1.82, 2.24) is 15.0 Å². The van der Waals surface area contributed by atoms with Crippen LogP contribution in [0.5, 0.6) is 0 Å². The maximum absolute atomic E-state index is 4.44. The van der Waals surface area contributed by atoms with Gasteiger partial charge < -0.3 is 4.90 Å². The molecule has 1 fully saturated rings. The van der Waals surface area contributed by atoms with Crippen LogP contribution in [0.25, 0.3) is 0 Å². The Kier molecular flexibility index (Phi) is 3.90. The third kappa shape index (κ3) is 3.13. The van der Waals surface area contributed by atoms with E-state index < -0.39 is 0 Å². The van der Waals surface area contributed by atoms with E-state index in [-0.39, 0.29) is 0 Å². The van der Waals surface area contributed by atoms with Gasteiger partial charge in [-0.1, -0.05) is 6.07 Å². The zero-order valence-corrected chi connectivity index (χ0v) is 11.9. The average Bonchev–Trinajstić information content (AvgIpc) is 2.49. The lowest BCUT2D eigenvalue weighted by Gasteiger charge is -2.33. The summed E-state index contributed by atoms with van der Waals surface area (Å²) in [7, 11) is 0. The lowest BCUT2D eigenvalue weighted by molar-refractivity contribution is 0.408. The second-order valence-corrected chi connectivity index (χ2v) is 5.50. The standard InChI is InChI=1S/C16H20N4/c1-13-9-16(19-12-18-13)20-8-4-5-14(11-20)10-15-6-2-3-7-17-15/h2-3,6-7,9,12,14H,4-5,8,10-11H2,1H3/t14-/m0/s1. The van der Waals surface area contributed by atoms with Gasteiger partial charge in [0.2, 0.25) is 0 Å². The summed E-state index contributed by atoms with van der Waals surface area (Å²) in [5.41, 5.74) is 2.22. The van der Waals surface area contributed by atoms with Crippen LogP contribution in [0.15, 0.2) is 36.8 Å². The predicted molar refractivity (Wildman–Crippen MR) is 79.6 cm³/mol. The smallest absolute Gasteiger partial charge is 0.132 e. The van der Waals surface area contributed by atoms with Crippen LogP contribution in [0.4, 0.5) is 5.82 Å². The summed E-state index contributed by atoms with van der Waals surface area (Å²) < 4.78 is 0. The summed E-state index contributed by atoms with van der Waals surface area (Å²) >= 11 is 0. The fourth-order valence-corrected chi connectivity index (χ4v) is 2.87. The number of aromatic nitrogens is 3. The largest absolute Gasteiger partial charge is 0.356 e. The third-order valence-corrected chi connectivity index (χ3v) is 3.86. The first-order valence-electron chi connectivity index (χ1n) is 7.25. The summed E-state index contributed by atoms with van der Waals surface area (Å²) in [5.74, 6) is 1.72. The van der Waals surface area contributed by atoms with E-state index >= 15 is 0 Å². The van der Waals surface area contributed by atoms with Gasteiger partial charge in [0.05, 0.1) is 0 Å². The SMILES string of the molecule is Cc1cc(N2CCC[C@@H](Cc3ccccn3)C2)ncn1. The van der Waals surface area contributed by atoms with Gasteiger partial charge in [0.25, 0.3) is 0 Å². The van der Waals surface area contributed by atoms with E-state index in [0.29, 0.717) is 5.92 Å². The summed E-state index contributed by atoms with van der Waals surface area (Å²) in [6.07, 6.45) is 7.09. The minimum Gasteiger partial charge on any atom is -0.356 e. The molecule has 3 heterocycles. The van der Waals surface area contributed by atoms with Crippen molar-refractivity contribution in [3.63, 3.8) is 0 Å². The lowest BCUT2D eigenvalue weighted by atomic mass is 9.93. The Balaban J connectivity index is 1.67. The molecule has 0 radical (unpaired) electrons. The molecule has 3 rings (SSSR count). The fraction of sp³-hybridized carbons (Fsp3) is 0.438. The van der Waals surface area contributed by atoms with Crippen molar-refractivity contribution in [3.05, 3.63) is 48.2 Å². The first-order valence-corrected chi connectivity index (χ1v) is 7.25. The zero-order chi connectivity index (χ0) is 13.8. The Labute approximate surface area is 119 Å². The molecule has 2 aromatic heterocycles. The van der Waals surface area contributed by atoms with Gasteiger partial charge in [0, 0.05) is 36.7 Å². The Bertz CT molecular complexity index is 555. The molecule has 0 aromatic carbocycles. The van der Waals surface area contributed by atoms with E-state index in [1.807, 2.05) is 19.2 Å². The molecule has 0 amide bonds.